The summed E-state index contributed by atoms with van der Waals surface area (Å²) in [5.41, 5.74) is 8.89. The Morgan fingerprint density at radius 3 is 2.56 bits per heavy atom. The summed E-state index contributed by atoms with van der Waals surface area (Å²) in [5.74, 6) is 0. The predicted octanol–water partition coefficient (Wildman–Crippen LogP) is 7.27. The van der Waals surface area contributed by atoms with Crippen LogP contribution >= 0.6 is 0 Å². The second-order valence-corrected chi connectivity index (χ2v) is 10.3. The van der Waals surface area contributed by atoms with Gasteiger partial charge in [-0.3, -0.25) is 15.1 Å². The summed E-state index contributed by atoms with van der Waals surface area (Å²) < 4.78 is 5.28. The second kappa shape index (κ2) is 8.37. The van der Waals surface area contributed by atoms with Gasteiger partial charge in [-0.2, -0.15) is 5.10 Å². The van der Waals surface area contributed by atoms with E-state index < -0.39 is 0 Å². The third kappa shape index (κ3) is 3.92. The molecule has 0 fully saturated rings. The van der Waals surface area contributed by atoms with Gasteiger partial charge in [0.1, 0.15) is 5.69 Å². The molecule has 0 spiro atoms. The summed E-state index contributed by atoms with van der Waals surface area (Å²) in [6.07, 6.45) is 8.96. The number of nitrogens with zero attached hydrogens (tertiary/aromatic N) is 3. The number of anilines is 1. The Morgan fingerprint density at radius 1 is 0.889 bits per heavy atom. The van der Waals surface area contributed by atoms with E-state index in [1.54, 1.807) is 18.7 Å². The van der Waals surface area contributed by atoms with E-state index in [-0.39, 0.29) is 5.41 Å². The van der Waals surface area contributed by atoms with Gasteiger partial charge in [0.15, 0.2) is 0 Å². The minimum atomic E-state index is 0.146. The number of hydrogen-bond donors (Lipinski definition) is 3. The monoisotopic (exact) mass is 476 g/mol. The highest BCUT2D eigenvalue weighted by atomic mass is 16.3. The molecule has 1 atom stereocenters. The number of pyridine rings is 2. The average molecular weight is 477 g/mol. The van der Waals surface area contributed by atoms with E-state index in [1.165, 1.54) is 0 Å². The molecular formula is C29H28N6O. The zero-order valence-electron chi connectivity index (χ0n) is 20.8. The van der Waals surface area contributed by atoms with E-state index in [9.17, 15) is 0 Å². The maximum atomic E-state index is 5.28. The molecule has 1 unspecified atom stereocenters. The lowest BCUT2D eigenvalue weighted by atomic mass is 9.88. The number of aromatic nitrogens is 5. The molecule has 0 aliphatic carbocycles. The SMILES string of the molecule is CC(Nc1cncc(-c2ccc3[nH]nc(-c4cc5c(-c6ccoc6)nccc5[nH]4)c3c2)c1)C(C)(C)C. The van der Waals surface area contributed by atoms with Crippen LogP contribution in [0.3, 0.4) is 0 Å². The van der Waals surface area contributed by atoms with Crippen LogP contribution in [-0.4, -0.2) is 31.2 Å². The average Bonchev–Trinajstić information content (AvgIpc) is 3.62. The number of fused-ring (bicyclic) bond motifs is 2. The fraction of sp³-hybridized carbons (Fsp3) is 0.207. The number of benzene rings is 1. The Balaban J connectivity index is 1.40. The molecule has 3 N–H and O–H groups in total. The molecule has 6 aromatic rings. The number of nitrogens with one attached hydrogen (secondary N) is 3. The number of rotatable bonds is 5. The van der Waals surface area contributed by atoms with Crippen LogP contribution in [-0.2, 0) is 0 Å². The van der Waals surface area contributed by atoms with Gasteiger partial charge in [-0.25, -0.2) is 0 Å². The van der Waals surface area contributed by atoms with E-state index in [0.29, 0.717) is 6.04 Å². The smallest absolute Gasteiger partial charge is 0.116 e. The fourth-order valence-corrected chi connectivity index (χ4v) is 4.35. The molecule has 180 valence electrons. The van der Waals surface area contributed by atoms with Gasteiger partial charge in [-0.15, -0.1) is 0 Å². The highest BCUT2D eigenvalue weighted by Gasteiger charge is 2.20. The highest BCUT2D eigenvalue weighted by Crippen LogP contribution is 2.35. The summed E-state index contributed by atoms with van der Waals surface area (Å²) in [6.45, 7) is 8.89. The van der Waals surface area contributed by atoms with Gasteiger partial charge in [0.05, 0.1) is 35.1 Å². The van der Waals surface area contributed by atoms with E-state index in [0.717, 1.165) is 61.3 Å². The minimum Gasteiger partial charge on any atom is -0.472 e. The third-order valence-electron chi connectivity index (χ3n) is 6.91. The second-order valence-electron chi connectivity index (χ2n) is 10.3. The van der Waals surface area contributed by atoms with Crippen molar-refractivity contribution in [1.82, 2.24) is 25.1 Å². The van der Waals surface area contributed by atoms with Crippen molar-refractivity contribution in [3.05, 3.63) is 73.6 Å². The first kappa shape index (κ1) is 22.1. The lowest BCUT2D eigenvalue weighted by Gasteiger charge is -2.29. The fourth-order valence-electron chi connectivity index (χ4n) is 4.35. The summed E-state index contributed by atoms with van der Waals surface area (Å²) in [5, 5.41) is 13.5. The molecule has 0 amide bonds. The Hall–Kier alpha value is -4.39. The van der Waals surface area contributed by atoms with Gasteiger partial charge < -0.3 is 14.7 Å². The topological polar surface area (TPSA) is 95.4 Å². The third-order valence-corrected chi connectivity index (χ3v) is 6.91. The van der Waals surface area contributed by atoms with E-state index in [4.69, 9.17) is 4.42 Å². The molecule has 0 aliphatic heterocycles. The number of furan rings is 1. The van der Waals surface area contributed by atoms with Crippen LogP contribution < -0.4 is 5.32 Å². The van der Waals surface area contributed by atoms with Crippen molar-refractivity contribution < 1.29 is 4.42 Å². The number of aromatic amines is 2. The van der Waals surface area contributed by atoms with Gasteiger partial charge in [0.2, 0.25) is 0 Å². The van der Waals surface area contributed by atoms with Gasteiger partial charge in [0, 0.05) is 52.0 Å². The molecule has 6 rings (SSSR count). The molecule has 5 aromatic heterocycles. The van der Waals surface area contributed by atoms with Gasteiger partial charge >= 0.3 is 0 Å². The molecule has 0 radical (unpaired) electrons. The normalized spacial score (nSPS) is 12.9. The Kier molecular flexibility index (Phi) is 5.14. The molecule has 5 heterocycles. The molecule has 0 aliphatic rings. The summed E-state index contributed by atoms with van der Waals surface area (Å²) in [4.78, 5) is 12.6. The van der Waals surface area contributed by atoms with Crippen LogP contribution in [0, 0.1) is 5.41 Å². The van der Waals surface area contributed by atoms with E-state index in [2.05, 4.69) is 88.5 Å². The Morgan fingerprint density at radius 2 is 1.75 bits per heavy atom. The zero-order chi connectivity index (χ0) is 24.9. The summed E-state index contributed by atoms with van der Waals surface area (Å²) in [6, 6.07) is 14.8. The van der Waals surface area contributed by atoms with E-state index in [1.807, 2.05) is 24.5 Å². The molecule has 7 nitrogen and oxygen atoms in total. The van der Waals surface area contributed by atoms with Crippen LogP contribution in [0.25, 0.3) is 55.6 Å². The maximum Gasteiger partial charge on any atom is 0.116 e. The predicted molar refractivity (Wildman–Crippen MR) is 145 cm³/mol. The Labute approximate surface area is 209 Å². The van der Waals surface area contributed by atoms with Crippen molar-refractivity contribution in [2.75, 3.05) is 5.32 Å². The summed E-state index contributed by atoms with van der Waals surface area (Å²) in [7, 11) is 0. The molecule has 1 aromatic carbocycles. The van der Waals surface area contributed by atoms with Crippen molar-refractivity contribution in [2.45, 2.75) is 33.7 Å². The summed E-state index contributed by atoms with van der Waals surface area (Å²) >= 11 is 0. The van der Waals surface area contributed by atoms with Crippen molar-refractivity contribution in [2.24, 2.45) is 5.41 Å². The van der Waals surface area contributed by atoms with Crippen LogP contribution in [0.15, 0.2) is 78.0 Å². The maximum absolute atomic E-state index is 5.28. The van der Waals surface area contributed by atoms with Gasteiger partial charge in [-0.1, -0.05) is 26.8 Å². The number of H-pyrrole nitrogens is 2. The van der Waals surface area contributed by atoms with Crippen molar-refractivity contribution >= 4 is 27.5 Å². The zero-order valence-corrected chi connectivity index (χ0v) is 20.8. The van der Waals surface area contributed by atoms with Crippen LogP contribution in [0.2, 0.25) is 0 Å². The first-order valence-corrected chi connectivity index (χ1v) is 12.1. The van der Waals surface area contributed by atoms with E-state index >= 15 is 0 Å². The Bertz CT molecular complexity index is 1670. The van der Waals surface area contributed by atoms with Gasteiger partial charge in [0.25, 0.3) is 0 Å². The molecule has 7 heteroatoms. The first-order chi connectivity index (χ1) is 17.4. The number of hydrogen-bond acceptors (Lipinski definition) is 5. The lowest BCUT2D eigenvalue weighted by molar-refractivity contribution is 0.359. The van der Waals surface area contributed by atoms with Gasteiger partial charge in [-0.05, 0) is 54.3 Å². The van der Waals surface area contributed by atoms with Crippen LogP contribution in [0.4, 0.5) is 5.69 Å². The molecular weight excluding hydrogens is 448 g/mol. The first-order valence-electron chi connectivity index (χ1n) is 12.1. The largest absolute Gasteiger partial charge is 0.472 e. The van der Waals surface area contributed by atoms with Crippen LogP contribution in [0.1, 0.15) is 27.7 Å². The molecule has 36 heavy (non-hydrogen) atoms. The minimum absolute atomic E-state index is 0.146. The molecule has 0 saturated heterocycles. The van der Waals surface area contributed by atoms with Crippen molar-refractivity contribution in [1.29, 1.82) is 0 Å². The lowest BCUT2D eigenvalue weighted by Crippen LogP contribution is -2.30. The molecule has 0 bridgehead atoms. The van der Waals surface area contributed by atoms with Crippen molar-refractivity contribution in [3.63, 3.8) is 0 Å². The molecule has 0 saturated carbocycles. The highest BCUT2D eigenvalue weighted by molar-refractivity contribution is 6.00. The van der Waals surface area contributed by atoms with Crippen LogP contribution in [0.5, 0.6) is 0 Å². The van der Waals surface area contributed by atoms with Crippen molar-refractivity contribution in [3.8, 4) is 33.8 Å². The standard InChI is InChI=1S/C29H28N6O/c1-17(29(2,3)4)32-21-11-20(14-30-15-21)18-5-6-25-22(12-18)28(35-34-25)26-13-23-24(33-26)7-9-31-27(23)19-8-10-36-16-19/h5-17,32-33H,1-4H3,(H,34,35). The quantitative estimate of drug-likeness (QED) is 0.243.